The summed E-state index contributed by atoms with van der Waals surface area (Å²) < 4.78 is 31.0. The van der Waals surface area contributed by atoms with Crippen molar-refractivity contribution < 1.29 is 18.3 Å². The van der Waals surface area contributed by atoms with Crippen LogP contribution < -0.4 is 4.74 Å². The molecule has 1 heterocycles. The Morgan fingerprint density at radius 1 is 1.15 bits per heavy atom. The predicted molar refractivity (Wildman–Crippen MR) is 105 cm³/mol. The normalized spacial score (nSPS) is 11.5. The van der Waals surface area contributed by atoms with E-state index in [1.165, 1.54) is 19.2 Å². The lowest BCUT2D eigenvalue weighted by molar-refractivity contribution is 0.411. The Labute approximate surface area is 165 Å². The van der Waals surface area contributed by atoms with Crippen molar-refractivity contribution >= 4 is 44.4 Å². The minimum atomic E-state index is -3.90. The second-order valence-corrected chi connectivity index (χ2v) is 9.25. The van der Waals surface area contributed by atoms with Gasteiger partial charge in [0.25, 0.3) is 0 Å². The van der Waals surface area contributed by atoms with Crippen LogP contribution in [0.1, 0.15) is 5.56 Å². The van der Waals surface area contributed by atoms with Crippen LogP contribution in [-0.2, 0) is 15.6 Å². The Morgan fingerprint density at radius 3 is 2.58 bits per heavy atom. The molecular formula is C18H14Cl2O4S2. The maximum absolute atomic E-state index is 12.9. The molecule has 0 bridgehead atoms. The molecule has 8 heteroatoms. The molecule has 0 spiro atoms. The number of sulfone groups is 1. The first-order valence-electron chi connectivity index (χ1n) is 7.43. The SMILES string of the molecule is COc1ccc(-c2cccs2)cc1CS(=O)(=O)c1cc(Cl)cc(Cl)c1O. The maximum Gasteiger partial charge on any atom is 0.186 e. The summed E-state index contributed by atoms with van der Waals surface area (Å²) >= 11 is 13.3. The fourth-order valence-corrected chi connectivity index (χ4v) is 5.39. The number of phenols is 1. The Morgan fingerprint density at radius 2 is 1.92 bits per heavy atom. The molecule has 1 aromatic heterocycles. The fourth-order valence-electron chi connectivity index (χ4n) is 2.55. The first-order chi connectivity index (χ1) is 12.3. The van der Waals surface area contributed by atoms with Crippen molar-refractivity contribution in [2.45, 2.75) is 10.6 Å². The minimum Gasteiger partial charge on any atom is -0.505 e. The van der Waals surface area contributed by atoms with Gasteiger partial charge in [-0.1, -0.05) is 29.3 Å². The van der Waals surface area contributed by atoms with E-state index in [1.807, 2.05) is 23.6 Å². The Balaban J connectivity index is 2.06. The summed E-state index contributed by atoms with van der Waals surface area (Å²) in [5.41, 5.74) is 1.37. The number of ether oxygens (including phenoxy) is 1. The molecule has 136 valence electrons. The van der Waals surface area contributed by atoms with Gasteiger partial charge in [0, 0.05) is 15.5 Å². The molecule has 0 unspecified atom stereocenters. The second-order valence-electron chi connectivity index (χ2n) is 5.50. The van der Waals surface area contributed by atoms with Crippen LogP contribution in [0.15, 0.2) is 52.7 Å². The molecule has 3 rings (SSSR count). The molecule has 4 nitrogen and oxygen atoms in total. The summed E-state index contributed by atoms with van der Waals surface area (Å²) in [4.78, 5) is 0.707. The predicted octanol–water partition coefficient (Wildman–Crippen LogP) is 5.41. The van der Waals surface area contributed by atoms with Crippen LogP contribution >= 0.6 is 34.5 Å². The highest BCUT2D eigenvalue weighted by Crippen LogP contribution is 2.37. The van der Waals surface area contributed by atoms with Gasteiger partial charge in [0.05, 0.1) is 17.9 Å². The van der Waals surface area contributed by atoms with Crippen LogP contribution in [0.2, 0.25) is 10.0 Å². The van der Waals surface area contributed by atoms with Gasteiger partial charge in [-0.05, 0) is 47.3 Å². The van der Waals surface area contributed by atoms with E-state index in [2.05, 4.69) is 0 Å². The molecule has 0 saturated heterocycles. The zero-order valence-electron chi connectivity index (χ0n) is 13.6. The first kappa shape index (κ1) is 19.0. The van der Waals surface area contributed by atoms with Crippen LogP contribution in [0.4, 0.5) is 0 Å². The number of phenolic OH excluding ortho intramolecular Hbond substituents is 1. The van der Waals surface area contributed by atoms with E-state index in [1.54, 1.807) is 23.5 Å². The van der Waals surface area contributed by atoms with Crippen LogP contribution in [0.25, 0.3) is 10.4 Å². The lowest BCUT2D eigenvalue weighted by Gasteiger charge is -2.12. The number of thiophene rings is 1. The molecule has 0 aliphatic rings. The van der Waals surface area contributed by atoms with Gasteiger partial charge in [0.1, 0.15) is 10.6 Å². The van der Waals surface area contributed by atoms with Gasteiger partial charge in [-0.25, -0.2) is 8.42 Å². The van der Waals surface area contributed by atoms with E-state index < -0.39 is 15.6 Å². The maximum atomic E-state index is 12.9. The Hall–Kier alpha value is -1.73. The van der Waals surface area contributed by atoms with Gasteiger partial charge < -0.3 is 9.84 Å². The molecule has 26 heavy (non-hydrogen) atoms. The number of rotatable bonds is 5. The Kier molecular flexibility index (Phi) is 5.48. The molecule has 0 atom stereocenters. The van der Waals surface area contributed by atoms with E-state index >= 15 is 0 Å². The van der Waals surface area contributed by atoms with Crippen molar-refractivity contribution in [1.29, 1.82) is 0 Å². The molecule has 3 aromatic rings. The molecular weight excluding hydrogens is 415 g/mol. The number of benzene rings is 2. The van der Waals surface area contributed by atoms with Crippen LogP contribution in [-0.4, -0.2) is 20.6 Å². The highest BCUT2D eigenvalue weighted by atomic mass is 35.5. The molecule has 0 radical (unpaired) electrons. The van der Waals surface area contributed by atoms with E-state index in [-0.39, 0.29) is 20.7 Å². The largest absolute Gasteiger partial charge is 0.505 e. The van der Waals surface area contributed by atoms with Crippen molar-refractivity contribution in [3.8, 4) is 21.9 Å². The number of hydrogen-bond acceptors (Lipinski definition) is 5. The lowest BCUT2D eigenvalue weighted by atomic mass is 10.1. The summed E-state index contributed by atoms with van der Waals surface area (Å²) in [6, 6.07) is 11.7. The number of halogens is 2. The van der Waals surface area contributed by atoms with Crippen LogP contribution in [0, 0.1) is 0 Å². The van der Waals surface area contributed by atoms with Crippen molar-refractivity contribution in [3.05, 3.63) is 63.5 Å². The summed E-state index contributed by atoms with van der Waals surface area (Å²) in [6.45, 7) is 0. The topological polar surface area (TPSA) is 63.6 Å². The lowest BCUT2D eigenvalue weighted by Crippen LogP contribution is -2.07. The van der Waals surface area contributed by atoms with Crippen molar-refractivity contribution in [3.63, 3.8) is 0 Å². The summed E-state index contributed by atoms with van der Waals surface area (Å²) in [6.07, 6.45) is 0. The average molecular weight is 429 g/mol. The zero-order valence-corrected chi connectivity index (χ0v) is 16.7. The van der Waals surface area contributed by atoms with Gasteiger partial charge in [0.2, 0.25) is 0 Å². The first-order valence-corrected chi connectivity index (χ1v) is 10.7. The van der Waals surface area contributed by atoms with Crippen LogP contribution in [0.5, 0.6) is 11.5 Å². The smallest absolute Gasteiger partial charge is 0.186 e. The van der Waals surface area contributed by atoms with Crippen molar-refractivity contribution in [1.82, 2.24) is 0 Å². The quantitative estimate of drug-likeness (QED) is 0.589. The molecule has 1 N–H and O–H groups in total. The third kappa shape index (κ3) is 3.83. The van der Waals surface area contributed by atoms with Crippen LogP contribution in [0.3, 0.4) is 0 Å². The van der Waals surface area contributed by atoms with E-state index in [0.717, 1.165) is 10.4 Å². The number of aromatic hydroxyl groups is 1. The third-order valence-electron chi connectivity index (χ3n) is 3.76. The highest BCUT2D eigenvalue weighted by molar-refractivity contribution is 7.90. The monoisotopic (exact) mass is 428 g/mol. The van der Waals surface area contributed by atoms with Gasteiger partial charge in [0.15, 0.2) is 15.6 Å². The molecule has 0 aliphatic carbocycles. The molecule has 0 saturated carbocycles. The molecule has 0 fully saturated rings. The van der Waals surface area contributed by atoms with Crippen molar-refractivity contribution in [2.24, 2.45) is 0 Å². The molecule has 0 aliphatic heterocycles. The van der Waals surface area contributed by atoms with E-state index in [4.69, 9.17) is 27.9 Å². The number of hydrogen-bond donors (Lipinski definition) is 1. The third-order valence-corrected chi connectivity index (χ3v) is 6.86. The van der Waals surface area contributed by atoms with Gasteiger partial charge >= 0.3 is 0 Å². The van der Waals surface area contributed by atoms with Gasteiger partial charge in [-0.3, -0.25) is 0 Å². The standard InChI is InChI=1S/C18H14Cl2O4S2/c1-24-15-5-4-11(16-3-2-6-25-16)7-12(15)10-26(22,23)17-9-13(19)8-14(20)18(17)21/h2-9,21H,10H2,1H3. The average Bonchev–Trinajstić information content (AvgIpc) is 3.12. The van der Waals surface area contributed by atoms with Gasteiger partial charge in [-0.2, -0.15) is 0 Å². The fraction of sp³-hybridized carbons (Fsp3) is 0.111. The molecule has 0 amide bonds. The minimum absolute atomic E-state index is 0.115. The number of methoxy groups -OCH3 is 1. The summed E-state index contributed by atoms with van der Waals surface area (Å²) in [7, 11) is -2.43. The summed E-state index contributed by atoms with van der Waals surface area (Å²) in [5, 5.41) is 12.0. The van der Waals surface area contributed by atoms with E-state index in [9.17, 15) is 13.5 Å². The highest BCUT2D eigenvalue weighted by Gasteiger charge is 2.24. The zero-order chi connectivity index (χ0) is 18.9. The second kappa shape index (κ2) is 7.48. The Bertz CT molecular complexity index is 1050. The van der Waals surface area contributed by atoms with E-state index in [0.29, 0.717) is 11.3 Å². The van der Waals surface area contributed by atoms with Gasteiger partial charge in [-0.15, -0.1) is 11.3 Å². The molecule has 2 aromatic carbocycles. The summed E-state index contributed by atoms with van der Waals surface area (Å²) in [5.74, 6) is -0.425. The van der Waals surface area contributed by atoms with Crippen molar-refractivity contribution in [2.75, 3.05) is 7.11 Å².